The van der Waals surface area contributed by atoms with Crippen molar-refractivity contribution in [2.24, 2.45) is 0 Å². The average molecular weight is 408 g/mol. The van der Waals surface area contributed by atoms with E-state index in [1.165, 1.54) is 18.2 Å². The third-order valence-corrected chi connectivity index (χ3v) is 4.95. The van der Waals surface area contributed by atoms with E-state index in [2.05, 4.69) is 15.0 Å². The van der Waals surface area contributed by atoms with Gasteiger partial charge in [-0.3, -0.25) is 15.0 Å². The van der Waals surface area contributed by atoms with Gasteiger partial charge in [0.25, 0.3) is 5.69 Å². The number of nitro benzene ring substituents is 1. The third kappa shape index (κ3) is 4.11. The summed E-state index contributed by atoms with van der Waals surface area (Å²) in [7, 11) is 0. The fourth-order valence-electron chi connectivity index (χ4n) is 3.34. The molecule has 4 rings (SSSR count). The topological polar surface area (TPSA) is 112 Å². The minimum absolute atomic E-state index is 0.000889. The van der Waals surface area contributed by atoms with Gasteiger partial charge in [-0.1, -0.05) is 5.16 Å². The molecule has 0 saturated carbocycles. The molecule has 10 heteroatoms. The Morgan fingerprint density at radius 1 is 1.17 bits per heavy atom. The number of nitrogens with zero attached hydrogens (tertiary/aromatic N) is 6. The minimum Gasteiger partial charge on any atom is -0.367 e. The molecule has 2 aromatic carbocycles. The van der Waals surface area contributed by atoms with Crippen molar-refractivity contribution in [3.05, 3.63) is 69.9 Å². The number of non-ortho nitro benzene ring substituents is 1. The lowest BCUT2D eigenvalue weighted by atomic mass is 10.2. The number of hydrogen-bond donors (Lipinski definition) is 0. The number of nitro groups is 1. The highest BCUT2D eigenvalue weighted by Gasteiger charge is 2.21. The van der Waals surface area contributed by atoms with Crippen LogP contribution in [0.15, 0.2) is 47.0 Å². The van der Waals surface area contributed by atoms with Crippen molar-refractivity contribution in [2.75, 3.05) is 31.1 Å². The van der Waals surface area contributed by atoms with Gasteiger partial charge in [0.2, 0.25) is 11.7 Å². The standard InChI is InChI=1S/C20H17FN6O3/c21-17-11-14(12-22)1-6-18(17)26-9-7-25(8-10-26)13-19-23-20(24-30-19)15-2-4-16(5-3-15)27(28)29/h1-6,11H,7-10,13H2. The normalized spacial score (nSPS) is 14.5. The van der Waals surface area contributed by atoms with Gasteiger partial charge >= 0.3 is 0 Å². The lowest BCUT2D eigenvalue weighted by Gasteiger charge is -2.35. The van der Waals surface area contributed by atoms with E-state index in [9.17, 15) is 14.5 Å². The smallest absolute Gasteiger partial charge is 0.269 e. The predicted molar refractivity (Wildman–Crippen MR) is 105 cm³/mol. The Bertz CT molecular complexity index is 1100. The molecule has 0 aliphatic carbocycles. The van der Waals surface area contributed by atoms with Crippen molar-refractivity contribution in [2.45, 2.75) is 6.54 Å². The van der Waals surface area contributed by atoms with Gasteiger partial charge in [-0.25, -0.2) is 4.39 Å². The van der Waals surface area contributed by atoms with Crippen LogP contribution in [0, 0.1) is 27.3 Å². The molecule has 0 amide bonds. The quantitative estimate of drug-likeness (QED) is 0.468. The van der Waals surface area contributed by atoms with Crippen LogP contribution in [0.2, 0.25) is 0 Å². The van der Waals surface area contributed by atoms with Crippen LogP contribution in [-0.4, -0.2) is 46.1 Å². The molecule has 1 saturated heterocycles. The van der Waals surface area contributed by atoms with Gasteiger partial charge < -0.3 is 9.42 Å². The largest absolute Gasteiger partial charge is 0.367 e. The molecule has 0 spiro atoms. The number of rotatable bonds is 5. The van der Waals surface area contributed by atoms with Crippen LogP contribution >= 0.6 is 0 Å². The van der Waals surface area contributed by atoms with Crippen molar-refractivity contribution in [1.29, 1.82) is 5.26 Å². The van der Waals surface area contributed by atoms with Gasteiger partial charge in [0.05, 0.1) is 28.8 Å². The van der Waals surface area contributed by atoms with E-state index in [4.69, 9.17) is 9.78 Å². The lowest BCUT2D eigenvalue weighted by molar-refractivity contribution is -0.384. The van der Waals surface area contributed by atoms with Gasteiger partial charge in [0.1, 0.15) is 5.82 Å². The van der Waals surface area contributed by atoms with Crippen molar-refractivity contribution >= 4 is 11.4 Å². The summed E-state index contributed by atoms with van der Waals surface area (Å²) in [6.45, 7) is 3.10. The van der Waals surface area contributed by atoms with E-state index >= 15 is 0 Å². The maximum Gasteiger partial charge on any atom is 0.269 e. The van der Waals surface area contributed by atoms with Crippen LogP contribution in [-0.2, 0) is 6.54 Å². The fourth-order valence-corrected chi connectivity index (χ4v) is 3.34. The molecule has 0 bridgehead atoms. The summed E-state index contributed by atoms with van der Waals surface area (Å²) < 4.78 is 19.5. The number of halogens is 1. The van der Waals surface area contributed by atoms with E-state index < -0.39 is 10.7 Å². The van der Waals surface area contributed by atoms with Crippen molar-refractivity contribution in [3.63, 3.8) is 0 Å². The number of benzene rings is 2. The molecule has 9 nitrogen and oxygen atoms in total. The van der Waals surface area contributed by atoms with Gasteiger partial charge in [-0.2, -0.15) is 10.2 Å². The highest BCUT2D eigenvalue weighted by Crippen LogP contribution is 2.23. The van der Waals surface area contributed by atoms with Crippen molar-refractivity contribution in [3.8, 4) is 17.5 Å². The van der Waals surface area contributed by atoms with Gasteiger partial charge in [-0.05, 0) is 30.3 Å². The first-order valence-corrected chi connectivity index (χ1v) is 9.28. The Balaban J connectivity index is 1.36. The van der Waals surface area contributed by atoms with E-state index in [1.54, 1.807) is 24.3 Å². The minimum atomic E-state index is -0.463. The SMILES string of the molecule is N#Cc1ccc(N2CCN(Cc3nc(-c4ccc([N+](=O)[O-])cc4)no3)CC2)c(F)c1. The Kier molecular flexibility index (Phi) is 5.36. The van der Waals surface area contributed by atoms with Crippen molar-refractivity contribution < 1.29 is 13.8 Å². The maximum absolute atomic E-state index is 14.2. The number of hydrogen-bond acceptors (Lipinski definition) is 8. The molecule has 30 heavy (non-hydrogen) atoms. The summed E-state index contributed by atoms with van der Waals surface area (Å²) in [4.78, 5) is 18.7. The highest BCUT2D eigenvalue weighted by atomic mass is 19.1. The molecule has 0 unspecified atom stereocenters. The third-order valence-electron chi connectivity index (χ3n) is 4.95. The molecule has 3 aromatic rings. The molecule has 1 aliphatic heterocycles. The second kappa shape index (κ2) is 8.26. The predicted octanol–water partition coefficient (Wildman–Crippen LogP) is 2.98. The van der Waals surface area contributed by atoms with Crippen LogP contribution in [0.25, 0.3) is 11.4 Å². The summed E-state index contributed by atoms with van der Waals surface area (Å²) in [6.07, 6.45) is 0. The summed E-state index contributed by atoms with van der Waals surface area (Å²) in [6, 6.07) is 12.4. The second-order valence-electron chi connectivity index (χ2n) is 6.86. The first-order chi connectivity index (χ1) is 14.5. The number of anilines is 1. The molecule has 0 N–H and O–H groups in total. The molecule has 152 valence electrons. The Hall–Kier alpha value is -3.84. The summed E-state index contributed by atoms with van der Waals surface area (Å²) in [5, 5.41) is 23.6. The summed E-state index contributed by atoms with van der Waals surface area (Å²) in [5.74, 6) is 0.423. The Labute approximate surface area is 171 Å². The zero-order chi connectivity index (χ0) is 21.1. The number of piperazine rings is 1. The van der Waals surface area contributed by atoms with Gasteiger partial charge in [0.15, 0.2) is 0 Å². The molecule has 1 aliphatic rings. The van der Waals surface area contributed by atoms with E-state index in [0.29, 0.717) is 61.3 Å². The Morgan fingerprint density at radius 3 is 2.53 bits per heavy atom. The van der Waals surface area contributed by atoms with Crippen LogP contribution < -0.4 is 4.90 Å². The molecule has 1 aromatic heterocycles. The fraction of sp³-hybridized carbons (Fsp3) is 0.250. The van der Waals surface area contributed by atoms with Crippen LogP contribution in [0.1, 0.15) is 11.5 Å². The molecule has 0 radical (unpaired) electrons. The molecule has 1 fully saturated rings. The lowest BCUT2D eigenvalue weighted by Crippen LogP contribution is -2.46. The number of aromatic nitrogens is 2. The first-order valence-electron chi connectivity index (χ1n) is 9.28. The second-order valence-corrected chi connectivity index (χ2v) is 6.86. The van der Waals surface area contributed by atoms with E-state index in [0.717, 1.165) is 0 Å². The zero-order valence-corrected chi connectivity index (χ0v) is 15.9. The summed E-state index contributed by atoms with van der Waals surface area (Å²) in [5.41, 5.74) is 1.43. The molecular weight excluding hydrogens is 391 g/mol. The van der Waals surface area contributed by atoms with Crippen LogP contribution in [0.3, 0.4) is 0 Å². The zero-order valence-electron chi connectivity index (χ0n) is 15.9. The van der Waals surface area contributed by atoms with Gasteiger partial charge in [0, 0.05) is 43.9 Å². The van der Waals surface area contributed by atoms with E-state index in [-0.39, 0.29) is 5.69 Å². The summed E-state index contributed by atoms with van der Waals surface area (Å²) >= 11 is 0. The number of nitriles is 1. The molecule has 2 heterocycles. The Morgan fingerprint density at radius 2 is 1.90 bits per heavy atom. The van der Waals surface area contributed by atoms with E-state index in [1.807, 2.05) is 11.0 Å². The monoisotopic (exact) mass is 408 g/mol. The van der Waals surface area contributed by atoms with Crippen molar-refractivity contribution in [1.82, 2.24) is 15.0 Å². The van der Waals surface area contributed by atoms with Crippen LogP contribution in [0.5, 0.6) is 0 Å². The average Bonchev–Trinajstić information content (AvgIpc) is 3.23. The maximum atomic E-state index is 14.2. The first kappa shape index (κ1) is 19.5. The molecular formula is C20H17FN6O3. The molecule has 0 atom stereocenters. The van der Waals surface area contributed by atoms with Crippen LogP contribution in [0.4, 0.5) is 15.8 Å². The van der Waals surface area contributed by atoms with Gasteiger partial charge in [-0.15, -0.1) is 0 Å². The highest BCUT2D eigenvalue weighted by molar-refractivity contribution is 5.56.